The molecular weight excluding hydrogens is 499 g/mol. The lowest BCUT2D eigenvalue weighted by atomic mass is 9.92. The number of hydrogen-bond donors (Lipinski definition) is 0. The normalized spacial score (nSPS) is 11.0. The van der Waals surface area contributed by atoms with Crippen LogP contribution in [0.15, 0.2) is 158 Å². The Morgan fingerprint density at radius 1 is 0.800 bits per heavy atom. The van der Waals surface area contributed by atoms with E-state index in [4.69, 9.17) is 7.85 Å². The second-order valence-electron chi connectivity index (χ2n) is 10.0. The third kappa shape index (κ3) is 7.28. The van der Waals surface area contributed by atoms with Crippen LogP contribution in [0, 0.1) is 0 Å². The molecule has 198 valence electrons. The molecule has 0 amide bonds. The Kier molecular flexibility index (Phi) is 10.7. The van der Waals surface area contributed by atoms with E-state index in [1.807, 2.05) is 48.9 Å². The van der Waals surface area contributed by atoms with E-state index in [0.29, 0.717) is 0 Å². The van der Waals surface area contributed by atoms with E-state index >= 15 is 0 Å². The molecule has 0 saturated heterocycles. The van der Waals surface area contributed by atoms with Crippen molar-refractivity contribution >= 4 is 22.9 Å². The van der Waals surface area contributed by atoms with Gasteiger partial charge in [-0.05, 0) is 41.2 Å². The first-order valence-corrected chi connectivity index (χ1v) is 15.6. The lowest BCUT2D eigenvalue weighted by Crippen LogP contribution is -2.41. The Morgan fingerprint density at radius 3 is 1.68 bits per heavy atom. The van der Waals surface area contributed by atoms with Gasteiger partial charge in [0.2, 0.25) is 0 Å². The highest BCUT2D eigenvalue weighted by Crippen LogP contribution is 2.34. The first kappa shape index (κ1) is 28.8. The minimum Gasteiger partial charge on any atom is -0.327 e. The Bertz CT molecular complexity index is 1370. The molecule has 4 heteroatoms. The summed E-state index contributed by atoms with van der Waals surface area (Å²) in [6.45, 7) is 6.18. The standard InChI is InChI=1S/C22H26N2Si.C14H11B/c1-19(2)10-9-17-25-22(24-16-15-23-18-24,20-11-5-3-6-12-20)21-13-7-4-8-14-21;15-11-14(12-7-3-1-4-8-12)13-9-5-2-6-10-13/h3-8,11-16,18H,1,9-10,17,25H2,2H3;1-11H. The number of allylic oxidation sites excluding steroid dienone is 1. The van der Waals surface area contributed by atoms with Gasteiger partial charge in [0, 0.05) is 12.4 Å². The van der Waals surface area contributed by atoms with E-state index in [1.165, 1.54) is 29.2 Å². The van der Waals surface area contributed by atoms with Crippen molar-refractivity contribution in [3.63, 3.8) is 0 Å². The Morgan fingerprint density at radius 2 is 1.27 bits per heavy atom. The highest BCUT2D eigenvalue weighted by Gasteiger charge is 2.35. The summed E-state index contributed by atoms with van der Waals surface area (Å²) in [6.07, 6.45) is 8.33. The zero-order valence-corrected chi connectivity index (χ0v) is 24.8. The van der Waals surface area contributed by atoms with Crippen LogP contribution in [0.1, 0.15) is 42.0 Å². The Labute approximate surface area is 243 Å². The quantitative estimate of drug-likeness (QED) is 0.101. The smallest absolute Gasteiger partial charge is 0.103 e. The van der Waals surface area contributed by atoms with E-state index in [2.05, 4.69) is 114 Å². The van der Waals surface area contributed by atoms with E-state index in [-0.39, 0.29) is 5.16 Å². The molecule has 4 aromatic carbocycles. The molecule has 0 unspecified atom stereocenters. The molecule has 0 aliphatic rings. The number of aromatic nitrogens is 2. The summed E-state index contributed by atoms with van der Waals surface area (Å²) in [5.74, 6) is 1.66. The van der Waals surface area contributed by atoms with Crippen LogP contribution in [0.4, 0.5) is 0 Å². The largest absolute Gasteiger partial charge is 0.327 e. The zero-order valence-electron chi connectivity index (χ0n) is 23.4. The molecule has 0 aliphatic heterocycles. The predicted molar refractivity (Wildman–Crippen MR) is 174 cm³/mol. The second kappa shape index (κ2) is 14.9. The van der Waals surface area contributed by atoms with Crippen LogP contribution in [-0.2, 0) is 5.16 Å². The maximum absolute atomic E-state index is 5.67. The van der Waals surface area contributed by atoms with Gasteiger partial charge in [-0.2, -0.15) is 0 Å². The molecule has 40 heavy (non-hydrogen) atoms. The number of imidazole rings is 1. The summed E-state index contributed by atoms with van der Waals surface area (Å²) < 4.78 is 2.32. The van der Waals surface area contributed by atoms with E-state index in [9.17, 15) is 0 Å². The molecule has 0 fully saturated rings. The zero-order chi connectivity index (χ0) is 28.0. The van der Waals surface area contributed by atoms with Crippen molar-refractivity contribution < 1.29 is 0 Å². The number of benzene rings is 4. The first-order valence-electron chi connectivity index (χ1n) is 13.9. The topological polar surface area (TPSA) is 17.8 Å². The molecule has 2 radical (unpaired) electrons. The van der Waals surface area contributed by atoms with Crippen molar-refractivity contribution in [2.45, 2.75) is 31.0 Å². The van der Waals surface area contributed by atoms with Crippen molar-refractivity contribution in [3.05, 3.63) is 180 Å². The summed E-state index contributed by atoms with van der Waals surface area (Å²) in [5.41, 5.74) is 7.36. The summed E-state index contributed by atoms with van der Waals surface area (Å²) in [7, 11) is 5.17. The monoisotopic (exact) mass is 536 g/mol. The lowest BCUT2D eigenvalue weighted by molar-refractivity contribution is 0.588. The molecule has 5 aromatic rings. The van der Waals surface area contributed by atoms with Crippen LogP contribution < -0.4 is 0 Å². The molecule has 5 rings (SSSR count). The molecule has 0 N–H and O–H groups in total. The molecule has 1 aromatic heterocycles. The fourth-order valence-electron chi connectivity index (χ4n) is 5.20. The van der Waals surface area contributed by atoms with Gasteiger partial charge in [-0.1, -0.05) is 139 Å². The maximum Gasteiger partial charge on any atom is 0.103 e. The van der Waals surface area contributed by atoms with Gasteiger partial charge in [-0.15, -0.1) is 12.6 Å². The Hall–Kier alpha value is -4.15. The molecule has 1 heterocycles. The highest BCUT2D eigenvalue weighted by molar-refractivity contribution is 6.41. The number of nitrogens with zero attached hydrogens (tertiary/aromatic N) is 2. The van der Waals surface area contributed by atoms with Crippen LogP contribution in [-0.4, -0.2) is 26.9 Å². The SMILES string of the molecule is C=C(C)CCC[SiH2]C(c1ccccc1)(c1ccccc1)n1ccnc1.[B]C=C(c1ccccc1)c1ccccc1. The van der Waals surface area contributed by atoms with Gasteiger partial charge >= 0.3 is 0 Å². The van der Waals surface area contributed by atoms with Gasteiger partial charge < -0.3 is 4.57 Å². The summed E-state index contributed by atoms with van der Waals surface area (Å²) in [4.78, 5) is 4.37. The second-order valence-corrected chi connectivity index (χ2v) is 12.3. The molecule has 0 saturated carbocycles. The molecule has 2 nitrogen and oxygen atoms in total. The predicted octanol–water partition coefficient (Wildman–Crippen LogP) is 7.82. The van der Waals surface area contributed by atoms with Crippen LogP contribution in [0.5, 0.6) is 0 Å². The van der Waals surface area contributed by atoms with Crippen molar-refractivity contribution in [2.75, 3.05) is 0 Å². The van der Waals surface area contributed by atoms with Gasteiger partial charge in [-0.25, -0.2) is 4.98 Å². The highest BCUT2D eigenvalue weighted by atomic mass is 28.2. The van der Waals surface area contributed by atoms with Gasteiger partial charge in [0.15, 0.2) is 0 Å². The molecule has 0 spiro atoms. The number of rotatable bonds is 10. The maximum atomic E-state index is 5.67. The molecule has 0 bridgehead atoms. The van der Waals surface area contributed by atoms with Gasteiger partial charge in [0.05, 0.1) is 21.0 Å². The van der Waals surface area contributed by atoms with Crippen molar-refractivity contribution in [1.82, 2.24) is 9.55 Å². The van der Waals surface area contributed by atoms with Gasteiger partial charge in [0.1, 0.15) is 7.85 Å². The average molecular weight is 537 g/mol. The van der Waals surface area contributed by atoms with Crippen molar-refractivity contribution in [2.24, 2.45) is 0 Å². The van der Waals surface area contributed by atoms with Crippen LogP contribution in [0.2, 0.25) is 6.04 Å². The van der Waals surface area contributed by atoms with E-state index in [1.54, 1.807) is 5.98 Å². The van der Waals surface area contributed by atoms with E-state index in [0.717, 1.165) is 23.1 Å². The van der Waals surface area contributed by atoms with Crippen LogP contribution in [0.3, 0.4) is 0 Å². The molecule has 0 aliphatic carbocycles. The number of hydrogen-bond acceptors (Lipinski definition) is 1. The fourth-order valence-corrected chi connectivity index (χ4v) is 7.70. The van der Waals surface area contributed by atoms with Crippen molar-refractivity contribution in [3.8, 4) is 0 Å². The lowest BCUT2D eigenvalue weighted by Gasteiger charge is -2.37. The van der Waals surface area contributed by atoms with E-state index < -0.39 is 9.52 Å². The third-order valence-corrected chi connectivity index (χ3v) is 9.94. The summed E-state index contributed by atoms with van der Waals surface area (Å²) in [5, 5.41) is -0.0892. The minimum atomic E-state index is -0.508. The first-order chi connectivity index (χ1) is 19.6. The van der Waals surface area contributed by atoms with Crippen LogP contribution in [0.25, 0.3) is 5.57 Å². The van der Waals surface area contributed by atoms with Gasteiger partial charge in [0.25, 0.3) is 0 Å². The van der Waals surface area contributed by atoms with Crippen molar-refractivity contribution in [1.29, 1.82) is 0 Å². The molecular formula is C36H37BN2Si. The van der Waals surface area contributed by atoms with Crippen LogP contribution >= 0.6 is 0 Å². The third-order valence-electron chi connectivity index (χ3n) is 7.18. The summed E-state index contributed by atoms with van der Waals surface area (Å²) in [6, 6.07) is 43.4. The minimum absolute atomic E-state index is 0.0892. The average Bonchev–Trinajstić information content (AvgIpc) is 3.56. The van der Waals surface area contributed by atoms with Gasteiger partial charge in [-0.3, -0.25) is 0 Å². The molecule has 0 atom stereocenters. The Balaban J connectivity index is 0.000000210. The summed E-state index contributed by atoms with van der Waals surface area (Å²) >= 11 is 0. The fraction of sp³-hybridized carbons (Fsp3) is 0.139.